The van der Waals surface area contributed by atoms with E-state index >= 15 is 0 Å². The summed E-state index contributed by atoms with van der Waals surface area (Å²) in [5.41, 5.74) is 0.762. The van der Waals surface area contributed by atoms with Crippen LogP contribution < -0.4 is 0 Å². The first kappa shape index (κ1) is 15.9. The molecular weight excluding hydrogens is 286 g/mol. The van der Waals surface area contributed by atoms with Crippen molar-refractivity contribution < 1.29 is 14.7 Å². The minimum atomic E-state index is -0.921. The second-order valence-electron chi connectivity index (χ2n) is 6.37. The predicted octanol–water partition coefficient (Wildman–Crippen LogP) is 2.63. The highest BCUT2D eigenvalue weighted by Crippen LogP contribution is 2.40. The second kappa shape index (κ2) is 6.10. The molecule has 1 aromatic rings. The Labute approximate surface area is 129 Å². The maximum absolute atomic E-state index is 12.6. The van der Waals surface area contributed by atoms with Gasteiger partial charge in [-0.25, -0.2) is 4.79 Å². The molecule has 0 aromatic heterocycles. The molecule has 1 aliphatic rings. The van der Waals surface area contributed by atoms with Crippen molar-refractivity contribution in [3.05, 3.63) is 35.9 Å². The van der Waals surface area contributed by atoms with Gasteiger partial charge < -0.3 is 10.0 Å². The number of amides is 1. The van der Waals surface area contributed by atoms with Crippen molar-refractivity contribution in [1.29, 1.82) is 0 Å². The molecule has 1 fully saturated rings. The van der Waals surface area contributed by atoms with Gasteiger partial charge in [-0.2, -0.15) is 0 Å². The zero-order chi connectivity index (χ0) is 15.6. The fraction of sp³-hybridized carbons (Fsp3) is 0.500. The van der Waals surface area contributed by atoms with E-state index in [1.54, 1.807) is 16.7 Å². The lowest BCUT2D eigenvalue weighted by molar-refractivity contribution is -0.150. The molecule has 0 radical (unpaired) electrons. The highest BCUT2D eigenvalue weighted by molar-refractivity contribution is 8.00. The fourth-order valence-electron chi connectivity index (χ4n) is 2.53. The Morgan fingerprint density at radius 3 is 2.43 bits per heavy atom. The van der Waals surface area contributed by atoms with E-state index in [1.807, 2.05) is 51.1 Å². The molecule has 2 rings (SSSR count). The topological polar surface area (TPSA) is 57.6 Å². The number of carboxylic acid groups (broad SMARTS) is 1. The number of thioether (sulfide) groups is 1. The number of hydrogen-bond donors (Lipinski definition) is 1. The Balaban J connectivity index is 2.22. The summed E-state index contributed by atoms with van der Waals surface area (Å²) < 4.78 is 0. The maximum atomic E-state index is 12.6. The highest BCUT2D eigenvalue weighted by Gasteiger charge is 2.46. The molecule has 0 bridgehead atoms. The Morgan fingerprint density at radius 1 is 1.29 bits per heavy atom. The number of nitrogens with zero attached hydrogens (tertiary/aromatic N) is 1. The summed E-state index contributed by atoms with van der Waals surface area (Å²) in [7, 11) is 0. The summed E-state index contributed by atoms with van der Waals surface area (Å²) >= 11 is 1.56. The number of benzene rings is 1. The van der Waals surface area contributed by atoms with E-state index in [9.17, 15) is 14.7 Å². The van der Waals surface area contributed by atoms with Crippen molar-refractivity contribution in [2.75, 3.05) is 5.75 Å². The van der Waals surface area contributed by atoms with Gasteiger partial charge >= 0.3 is 5.97 Å². The third kappa shape index (κ3) is 3.59. The first-order valence-electron chi connectivity index (χ1n) is 7.00. The normalized spacial score (nSPS) is 22.3. The number of carbonyl (C=O) groups excluding carboxylic acids is 1. The summed E-state index contributed by atoms with van der Waals surface area (Å²) in [4.78, 5) is 25.6. The van der Waals surface area contributed by atoms with Crippen molar-refractivity contribution in [2.45, 2.75) is 38.6 Å². The Morgan fingerprint density at radius 2 is 1.90 bits per heavy atom. The van der Waals surface area contributed by atoms with Gasteiger partial charge in [-0.1, -0.05) is 51.1 Å². The quantitative estimate of drug-likeness (QED) is 0.932. The van der Waals surface area contributed by atoms with Gasteiger partial charge in [0.15, 0.2) is 0 Å². The number of carbonyl (C=O) groups is 2. The van der Waals surface area contributed by atoms with E-state index in [0.29, 0.717) is 5.75 Å². The van der Waals surface area contributed by atoms with Crippen LogP contribution in [0.15, 0.2) is 30.3 Å². The van der Waals surface area contributed by atoms with Gasteiger partial charge in [0.25, 0.3) is 0 Å². The van der Waals surface area contributed by atoms with Crippen molar-refractivity contribution in [3.63, 3.8) is 0 Å². The molecule has 0 saturated carbocycles. The molecule has 21 heavy (non-hydrogen) atoms. The SMILES string of the molecule is CC(C)(C)C1SCC(C(=O)O)N1C(=O)Cc1ccccc1. The Kier molecular flexibility index (Phi) is 4.61. The highest BCUT2D eigenvalue weighted by atomic mass is 32.2. The molecular formula is C16H21NO3S. The van der Waals surface area contributed by atoms with Gasteiger partial charge in [0.2, 0.25) is 5.91 Å². The van der Waals surface area contributed by atoms with Gasteiger partial charge in [-0.15, -0.1) is 11.8 Å². The minimum absolute atomic E-state index is 0.102. The number of rotatable bonds is 3. The van der Waals surface area contributed by atoms with E-state index < -0.39 is 12.0 Å². The van der Waals surface area contributed by atoms with Crippen LogP contribution in [0.4, 0.5) is 0 Å². The largest absolute Gasteiger partial charge is 0.480 e. The molecule has 1 aliphatic heterocycles. The Hall–Kier alpha value is -1.49. The molecule has 2 unspecified atom stereocenters. The predicted molar refractivity (Wildman–Crippen MR) is 84.1 cm³/mol. The second-order valence-corrected chi connectivity index (χ2v) is 7.48. The van der Waals surface area contributed by atoms with Crippen LogP contribution in [0.2, 0.25) is 0 Å². The monoisotopic (exact) mass is 307 g/mol. The third-order valence-electron chi connectivity index (χ3n) is 3.51. The minimum Gasteiger partial charge on any atom is -0.480 e. The van der Waals surface area contributed by atoms with Crippen molar-refractivity contribution in [3.8, 4) is 0 Å². The van der Waals surface area contributed by atoms with E-state index in [-0.39, 0.29) is 23.1 Å². The van der Waals surface area contributed by atoms with Gasteiger partial charge in [-0.05, 0) is 11.0 Å². The lowest BCUT2D eigenvalue weighted by Gasteiger charge is -2.35. The molecule has 0 aliphatic carbocycles. The van der Waals surface area contributed by atoms with Gasteiger partial charge in [0, 0.05) is 5.75 Å². The van der Waals surface area contributed by atoms with E-state index in [0.717, 1.165) is 5.56 Å². The lowest BCUT2D eigenvalue weighted by atomic mass is 9.94. The summed E-state index contributed by atoms with van der Waals surface area (Å²) in [6, 6.07) is 8.73. The zero-order valence-electron chi connectivity index (χ0n) is 12.6. The molecule has 1 saturated heterocycles. The van der Waals surface area contributed by atoms with Gasteiger partial charge in [0.1, 0.15) is 6.04 Å². The van der Waals surface area contributed by atoms with Crippen LogP contribution in [-0.4, -0.2) is 39.1 Å². The maximum Gasteiger partial charge on any atom is 0.327 e. The number of aliphatic carboxylic acids is 1. The summed E-state index contributed by atoms with van der Waals surface area (Å²) in [6.45, 7) is 6.12. The van der Waals surface area contributed by atoms with E-state index in [4.69, 9.17) is 0 Å². The average molecular weight is 307 g/mol. The fourth-order valence-corrected chi connectivity index (χ4v) is 4.12. The molecule has 0 spiro atoms. The van der Waals surface area contributed by atoms with Crippen LogP contribution in [0.1, 0.15) is 26.3 Å². The van der Waals surface area contributed by atoms with Crippen LogP contribution >= 0.6 is 11.8 Å². The summed E-state index contributed by atoms with van der Waals surface area (Å²) in [6.07, 6.45) is 0.248. The summed E-state index contributed by atoms with van der Waals surface area (Å²) in [5.74, 6) is -0.577. The van der Waals surface area contributed by atoms with Gasteiger partial charge in [0.05, 0.1) is 11.8 Å². The molecule has 1 aromatic carbocycles. The smallest absolute Gasteiger partial charge is 0.327 e. The van der Waals surface area contributed by atoms with Gasteiger partial charge in [-0.3, -0.25) is 4.79 Å². The van der Waals surface area contributed by atoms with Crippen molar-refractivity contribution in [2.24, 2.45) is 5.41 Å². The van der Waals surface area contributed by atoms with Crippen LogP contribution in [-0.2, 0) is 16.0 Å². The van der Waals surface area contributed by atoms with Crippen LogP contribution in [0.5, 0.6) is 0 Å². The molecule has 5 heteroatoms. The molecule has 114 valence electrons. The van der Waals surface area contributed by atoms with E-state index in [2.05, 4.69) is 0 Å². The first-order chi connectivity index (χ1) is 9.80. The summed E-state index contributed by atoms with van der Waals surface area (Å²) in [5, 5.41) is 9.27. The van der Waals surface area contributed by atoms with Crippen LogP contribution in [0, 0.1) is 5.41 Å². The number of carboxylic acids is 1. The first-order valence-corrected chi connectivity index (χ1v) is 8.05. The molecule has 1 heterocycles. The van der Waals surface area contributed by atoms with E-state index in [1.165, 1.54) is 0 Å². The lowest BCUT2D eigenvalue weighted by Crippen LogP contribution is -2.50. The van der Waals surface area contributed by atoms with Crippen LogP contribution in [0.25, 0.3) is 0 Å². The van der Waals surface area contributed by atoms with Crippen molar-refractivity contribution >= 4 is 23.6 Å². The third-order valence-corrected chi connectivity index (χ3v) is 5.27. The zero-order valence-corrected chi connectivity index (χ0v) is 13.4. The molecule has 4 nitrogen and oxygen atoms in total. The molecule has 1 amide bonds. The molecule has 1 N–H and O–H groups in total. The Bertz CT molecular complexity index is 524. The standard InChI is InChI=1S/C16H21NO3S/c1-16(2,3)15-17(12(10-21-15)14(19)20)13(18)9-11-7-5-4-6-8-11/h4-8,12,15H,9-10H2,1-3H3,(H,19,20). The van der Waals surface area contributed by atoms with Crippen molar-refractivity contribution in [1.82, 2.24) is 4.90 Å². The molecule has 2 atom stereocenters. The van der Waals surface area contributed by atoms with Crippen LogP contribution in [0.3, 0.4) is 0 Å². The number of hydrogen-bond acceptors (Lipinski definition) is 3. The average Bonchev–Trinajstić information content (AvgIpc) is 2.84.